The summed E-state index contributed by atoms with van der Waals surface area (Å²) in [5.41, 5.74) is 8.38. The van der Waals surface area contributed by atoms with Gasteiger partial charge in [-0.25, -0.2) is 0 Å². The van der Waals surface area contributed by atoms with Crippen LogP contribution in [0.3, 0.4) is 0 Å². The number of rotatable bonds is 8. The number of fused-ring (bicyclic) bond motifs is 1. The lowest BCUT2D eigenvalue weighted by atomic mass is 9.84. The quantitative estimate of drug-likeness (QED) is 0.387. The molecule has 1 heterocycles. The molecule has 0 amide bonds. The maximum Gasteiger partial charge on any atom is 0.0864 e. The van der Waals surface area contributed by atoms with Gasteiger partial charge >= 0.3 is 0 Å². The number of nitrogens with one attached hydrogen (secondary N) is 1. The molecule has 2 heteroatoms. The molecule has 0 spiro atoms. The largest absolute Gasteiger partial charge is 0.374 e. The molecule has 1 aliphatic rings. The molecule has 0 aromatic heterocycles. The van der Waals surface area contributed by atoms with Gasteiger partial charge in [0.15, 0.2) is 0 Å². The molecule has 1 unspecified atom stereocenters. The zero-order valence-electron chi connectivity index (χ0n) is 19.8. The third kappa shape index (κ3) is 5.12. The highest BCUT2D eigenvalue weighted by atomic mass is 15.0. The van der Waals surface area contributed by atoms with Crippen LogP contribution < -0.4 is 5.32 Å². The molecular formula is C30H36N2. The molecule has 0 bridgehead atoms. The molecule has 0 saturated heterocycles. The van der Waals surface area contributed by atoms with Crippen molar-refractivity contribution in [2.45, 2.75) is 71.3 Å². The van der Waals surface area contributed by atoms with Crippen LogP contribution in [-0.2, 0) is 18.4 Å². The van der Waals surface area contributed by atoms with Crippen LogP contribution in [0.4, 0.5) is 11.4 Å². The first-order chi connectivity index (χ1) is 15.6. The van der Waals surface area contributed by atoms with Gasteiger partial charge in [-0.05, 0) is 67.0 Å². The highest BCUT2D eigenvalue weighted by molar-refractivity contribution is 6.04. The Hall–Kier alpha value is -2.87. The second kappa shape index (κ2) is 10.2. The van der Waals surface area contributed by atoms with E-state index in [2.05, 4.69) is 98.9 Å². The number of aryl methyl sites for hydroxylation is 2. The topological polar surface area (TPSA) is 24.4 Å². The number of para-hydroxylation sites is 2. The summed E-state index contributed by atoms with van der Waals surface area (Å²) in [5, 5.41) is 3.84. The third-order valence-electron chi connectivity index (χ3n) is 6.61. The van der Waals surface area contributed by atoms with E-state index in [9.17, 15) is 0 Å². The summed E-state index contributed by atoms with van der Waals surface area (Å²) in [6, 6.07) is 26.7. The molecule has 1 N–H and O–H groups in total. The van der Waals surface area contributed by atoms with Crippen molar-refractivity contribution >= 4 is 17.1 Å². The number of aliphatic imine (C=N–C) groups is 1. The van der Waals surface area contributed by atoms with Crippen molar-refractivity contribution in [2.24, 2.45) is 4.99 Å². The van der Waals surface area contributed by atoms with Gasteiger partial charge in [-0.2, -0.15) is 0 Å². The molecule has 1 aliphatic heterocycles. The van der Waals surface area contributed by atoms with E-state index in [0.717, 1.165) is 36.3 Å². The monoisotopic (exact) mass is 424 g/mol. The fourth-order valence-electron chi connectivity index (χ4n) is 4.54. The van der Waals surface area contributed by atoms with Gasteiger partial charge in [0.1, 0.15) is 0 Å². The predicted octanol–water partition coefficient (Wildman–Crippen LogP) is 8.22. The minimum Gasteiger partial charge on any atom is -0.374 e. The molecule has 0 saturated carbocycles. The van der Waals surface area contributed by atoms with Crippen molar-refractivity contribution in [2.75, 3.05) is 5.32 Å². The molecule has 3 aromatic rings. The molecule has 0 aliphatic carbocycles. The first kappa shape index (κ1) is 22.3. The van der Waals surface area contributed by atoms with Crippen LogP contribution in [0.25, 0.3) is 0 Å². The second-order valence-electron chi connectivity index (χ2n) is 9.31. The highest BCUT2D eigenvalue weighted by Crippen LogP contribution is 2.39. The van der Waals surface area contributed by atoms with E-state index in [1.807, 2.05) is 0 Å². The summed E-state index contributed by atoms with van der Waals surface area (Å²) in [6.07, 6.45) is 8.08. The van der Waals surface area contributed by atoms with Gasteiger partial charge in [-0.1, -0.05) is 87.4 Å². The highest BCUT2D eigenvalue weighted by Gasteiger charge is 2.32. The van der Waals surface area contributed by atoms with Gasteiger partial charge < -0.3 is 5.32 Å². The van der Waals surface area contributed by atoms with E-state index in [1.54, 1.807) is 0 Å². The number of hydrogen-bond donors (Lipinski definition) is 1. The van der Waals surface area contributed by atoms with Gasteiger partial charge in [0.05, 0.1) is 22.6 Å². The summed E-state index contributed by atoms with van der Waals surface area (Å²) < 4.78 is 0. The van der Waals surface area contributed by atoms with Crippen molar-refractivity contribution in [3.05, 3.63) is 95.1 Å². The summed E-state index contributed by atoms with van der Waals surface area (Å²) in [4.78, 5) is 5.13. The first-order valence-electron chi connectivity index (χ1n) is 12.2. The Bertz CT molecular complexity index is 1050. The third-order valence-corrected chi connectivity index (χ3v) is 6.61. The lowest BCUT2D eigenvalue weighted by molar-refractivity contribution is 0.571. The minimum absolute atomic E-state index is 0.227. The summed E-state index contributed by atoms with van der Waals surface area (Å²) >= 11 is 0. The lowest BCUT2D eigenvalue weighted by Gasteiger charge is -2.32. The first-order valence-corrected chi connectivity index (χ1v) is 12.2. The van der Waals surface area contributed by atoms with Crippen LogP contribution in [0.1, 0.15) is 75.1 Å². The average molecular weight is 425 g/mol. The Kier molecular flexibility index (Phi) is 7.09. The zero-order valence-corrected chi connectivity index (χ0v) is 19.8. The molecule has 3 aromatic carbocycles. The van der Waals surface area contributed by atoms with Crippen LogP contribution in [0, 0.1) is 0 Å². The molecule has 32 heavy (non-hydrogen) atoms. The van der Waals surface area contributed by atoms with Crippen molar-refractivity contribution in [1.82, 2.24) is 0 Å². The molecule has 0 radical (unpaired) electrons. The molecular weight excluding hydrogens is 388 g/mol. The van der Waals surface area contributed by atoms with Gasteiger partial charge in [-0.3, -0.25) is 4.99 Å². The molecule has 166 valence electrons. The number of anilines is 1. The number of nitrogens with zero attached hydrogens (tertiary/aromatic N) is 1. The number of hydrogen-bond acceptors (Lipinski definition) is 2. The lowest BCUT2D eigenvalue weighted by Crippen LogP contribution is -2.33. The van der Waals surface area contributed by atoms with Crippen molar-refractivity contribution in [3.63, 3.8) is 0 Å². The smallest absolute Gasteiger partial charge is 0.0864 e. The molecule has 2 nitrogen and oxygen atoms in total. The Morgan fingerprint density at radius 1 is 0.781 bits per heavy atom. The molecule has 0 fully saturated rings. The zero-order chi connectivity index (χ0) is 22.4. The maximum atomic E-state index is 5.13. The van der Waals surface area contributed by atoms with E-state index in [-0.39, 0.29) is 5.54 Å². The van der Waals surface area contributed by atoms with Crippen LogP contribution in [-0.4, -0.2) is 5.71 Å². The normalized spacial score (nSPS) is 17.8. The Balaban J connectivity index is 1.67. The van der Waals surface area contributed by atoms with Gasteiger partial charge in [0.25, 0.3) is 0 Å². The molecule has 4 rings (SSSR count). The number of unbranched alkanes of at least 4 members (excludes halogenated alkanes) is 2. The van der Waals surface area contributed by atoms with Crippen molar-refractivity contribution in [3.8, 4) is 0 Å². The van der Waals surface area contributed by atoms with Gasteiger partial charge in [0.2, 0.25) is 0 Å². The van der Waals surface area contributed by atoms with Crippen LogP contribution in [0.15, 0.2) is 77.8 Å². The second-order valence-corrected chi connectivity index (χ2v) is 9.31. The summed E-state index contributed by atoms with van der Waals surface area (Å²) in [6.45, 7) is 6.80. The van der Waals surface area contributed by atoms with Crippen LogP contribution in [0.2, 0.25) is 0 Å². The Morgan fingerprint density at radius 2 is 1.38 bits per heavy atom. The van der Waals surface area contributed by atoms with Crippen molar-refractivity contribution in [1.29, 1.82) is 0 Å². The van der Waals surface area contributed by atoms with Crippen LogP contribution in [0.5, 0.6) is 0 Å². The fraction of sp³-hybridized carbons (Fsp3) is 0.367. The van der Waals surface area contributed by atoms with Gasteiger partial charge in [0, 0.05) is 6.42 Å². The van der Waals surface area contributed by atoms with Gasteiger partial charge in [-0.15, -0.1) is 0 Å². The minimum atomic E-state index is -0.227. The summed E-state index contributed by atoms with van der Waals surface area (Å²) in [5.74, 6) is 0. The van der Waals surface area contributed by atoms with E-state index in [1.165, 1.54) is 47.9 Å². The average Bonchev–Trinajstić information content (AvgIpc) is 2.98. The van der Waals surface area contributed by atoms with E-state index >= 15 is 0 Å². The SMILES string of the molecule is CCCCc1ccc(C2=Nc3ccccc3NC(C)(c3ccc(CCCC)cc3)C2)cc1. The van der Waals surface area contributed by atoms with E-state index < -0.39 is 0 Å². The summed E-state index contributed by atoms with van der Waals surface area (Å²) in [7, 11) is 0. The van der Waals surface area contributed by atoms with E-state index in [4.69, 9.17) is 4.99 Å². The van der Waals surface area contributed by atoms with E-state index in [0.29, 0.717) is 0 Å². The van der Waals surface area contributed by atoms with Crippen molar-refractivity contribution < 1.29 is 0 Å². The molecule has 1 atom stereocenters. The fourth-order valence-corrected chi connectivity index (χ4v) is 4.54. The Labute approximate surface area is 193 Å². The Morgan fingerprint density at radius 3 is 2.00 bits per heavy atom. The standard InChI is InChI=1S/C30H36N2/c1-4-6-10-23-14-18-25(19-15-23)29-22-30(3,32-28-13-9-8-12-27(28)31-29)26-20-16-24(17-21-26)11-7-5-2/h8-9,12-21,32H,4-7,10-11,22H2,1-3H3. The number of benzene rings is 3. The maximum absolute atomic E-state index is 5.13. The predicted molar refractivity (Wildman–Crippen MR) is 138 cm³/mol. The van der Waals surface area contributed by atoms with Crippen LogP contribution >= 0.6 is 0 Å².